The highest BCUT2D eigenvalue weighted by Gasteiger charge is 2.29. The van der Waals surface area contributed by atoms with Crippen LogP contribution in [0.1, 0.15) is 32.4 Å². The van der Waals surface area contributed by atoms with Crippen molar-refractivity contribution in [1.29, 1.82) is 5.26 Å². The van der Waals surface area contributed by atoms with Gasteiger partial charge < -0.3 is 4.74 Å². The van der Waals surface area contributed by atoms with E-state index in [2.05, 4.69) is 4.98 Å². The molecule has 0 N–H and O–H groups in total. The summed E-state index contributed by atoms with van der Waals surface area (Å²) >= 11 is 0. The average molecular weight is 311 g/mol. The van der Waals surface area contributed by atoms with Crippen molar-refractivity contribution >= 4 is 10.0 Å². The normalized spacial score (nSPS) is 11.8. The Morgan fingerprint density at radius 2 is 2.05 bits per heavy atom. The van der Waals surface area contributed by atoms with Crippen molar-refractivity contribution in [2.24, 2.45) is 0 Å². The Morgan fingerprint density at radius 1 is 1.38 bits per heavy atom. The molecule has 116 valence electrons. The number of sulfonamides is 1. The fraction of sp³-hybridized carbons (Fsp3) is 0.571. The number of hydrogen-bond acceptors (Lipinski definition) is 5. The summed E-state index contributed by atoms with van der Waals surface area (Å²) < 4.78 is 32.0. The lowest BCUT2D eigenvalue weighted by atomic mass is 10.2. The van der Waals surface area contributed by atoms with Crippen molar-refractivity contribution < 1.29 is 13.2 Å². The number of ether oxygens (including phenoxy) is 1. The van der Waals surface area contributed by atoms with Gasteiger partial charge in [-0.1, -0.05) is 13.8 Å². The minimum absolute atomic E-state index is 0.0826. The molecule has 0 radical (unpaired) electrons. The minimum Gasteiger partial charge on any atom is -0.383 e. The van der Waals surface area contributed by atoms with Crippen molar-refractivity contribution in [2.75, 3.05) is 20.3 Å². The van der Waals surface area contributed by atoms with Gasteiger partial charge in [-0.05, 0) is 25.0 Å². The van der Waals surface area contributed by atoms with Gasteiger partial charge >= 0.3 is 0 Å². The van der Waals surface area contributed by atoms with Crippen LogP contribution in [-0.4, -0.2) is 44.0 Å². The summed E-state index contributed by atoms with van der Waals surface area (Å²) in [5, 5.41) is 8.73. The van der Waals surface area contributed by atoms with Crippen LogP contribution < -0.4 is 0 Å². The number of rotatable bonds is 8. The van der Waals surface area contributed by atoms with Crippen LogP contribution in [0.25, 0.3) is 0 Å². The van der Waals surface area contributed by atoms with E-state index in [4.69, 9.17) is 10.00 Å². The largest absolute Gasteiger partial charge is 0.383 e. The predicted octanol–water partition coefficient (Wildman–Crippen LogP) is 1.78. The summed E-state index contributed by atoms with van der Waals surface area (Å²) in [4.78, 5) is 3.94. The average Bonchev–Trinajstić information content (AvgIpc) is 2.51. The van der Waals surface area contributed by atoms with E-state index >= 15 is 0 Å². The molecule has 0 aliphatic carbocycles. The Kier molecular flexibility index (Phi) is 6.75. The first-order chi connectivity index (χ1) is 10.0. The van der Waals surface area contributed by atoms with E-state index < -0.39 is 10.0 Å². The fourth-order valence-corrected chi connectivity index (χ4v) is 3.81. The van der Waals surface area contributed by atoms with Crippen molar-refractivity contribution in [2.45, 2.75) is 37.6 Å². The maximum atomic E-state index is 12.7. The van der Waals surface area contributed by atoms with Gasteiger partial charge in [-0.3, -0.25) is 0 Å². The summed E-state index contributed by atoms with van der Waals surface area (Å²) in [7, 11) is -2.10. The molecule has 7 heteroatoms. The van der Waals surface area contributed by atoms with Crippen LogP contribution in [0.5, 0.6) is 0 Å². The molecule has 1 rings (SSSR count). The quantitative estimate of drug-likeness (QED) is 0.730. The number of nitriles is 1. The highest BCUT2D eigenvalue weighted by Crippen LogP contribution is 2.20. The summed E-state index contributed by atoms with van der Waals surface area (Å²) in [6, 6.07) is 4.62. The number of hydrogen-bond donors (Lipinski definition) is 0. The van der Waals surface area contributed by atoms with Gasteiger partial charge in [0, 0.05) is 25.9 Å². The van der Waals surface area contributed by atoms with Gasteiger partial charge in [0.1, 0.15) is 16.7 Å². The lowest BCUT2D eigenvalue weighted by molar-refractivity contribution is 0.163. The molecule has 0 saturated heterocycles. The smallest absolute Gasteiger partial charge is 0.244 e. The summed E-state index contributed by atoms with van der Waals surface area (Å²) in [6.07, 6.45) is 2.68. The topological polar surface area (TPSA) is 83.3 Å². The van der Waals surface area contributed by atoms with Crippen LogP contribution in [0.3, 0.4) is 0 Å². The molecule has 0 aliphatic rings. The summed E-state index contributed by atoms with van der Waals surface area (Å²) in [6.45, 7) is 4.55. The third-order valence-corrected chi connectivity index (χ3v) is 5.26. The minimum atomic E-state index is -3.64. The van der Waals surface area contributed by atoms with Crippen LogP contribution in [0.15, 0.2) is 23.2 Å². The van der Waals surface area contributed by atoms with Crippen molar-refractivity contribution in [3.8, 4) is 6.07 Å². The Bertz CT molecular complexity index is 574. The van der Waals surface area contributed by atoms with E-state index in [1.807, 2.05) is 19.9 Å². The monoisotopic (exact) mass is 311 g/mol. The number of aromatic nitrogens is 1. The Morgan fingerprint density at radius 3 is 2.48 bits per heavy atom. The molecule has 0 amide bonds. The summed E-state index contributed by atoms with van der Waals surface area (Å²) in [5.41, 5.74) is 0.194. The fourth-order valence-electron chi connectivity index (χ4n) is 2.11. The van der Waals surface area contributed by atoms with E-state index in [1.165, 1.54) is 22.6 Å². The molecule has 1 aromatic rings. The second kappa shape index (κ2) is 8.08. The molecular formula is C14H21N3O3S. The highest BCUT2D eigenvalue weighted by atomic mass is 32.2. The molecule has 0 spiro atoms. The van der Waals surface area contributed by atoms with E-state index in [0.29, 0.717) is 13.2 Å². The van der Waals surface area contributed by atoms with Crippen molar-refractivity contribution in [1.82, 2.24) is 9.29 Å². The van der Waals surface area contributed by atoms with E-state index in [1.54, 1.807) is 7.11 Å². The SMILES string of the molecule is CCC(CC)N(CCOC)S(=O)(=O)c1ccc(C#N)nc1. The van der Waals surface area contributed by atoms with Crippen molar-refractivity contribution in [3.63, 3.8) is 0 Å². The third-order valence-electron chi connectivity index (χ3n) is 3.32. The van der Waals surface area contributed by atoms with Gasteiger partial charge in [0.05, 0.1) is 6.61 Å². The van der Waals surface area contributed by atoms with E-state index in [-0.39, 0.29) is 16.6 Å². The molecule has 0 aromatic carbocycles. The first-order valence-electron chi connectivity index (χ1n) is 6.88. The number of methoxy groups -OCH3 is 1. The lowest BCUT2D eigenvalue weighted by Gasteiger charge is -2.29. The zero-order chi connectivity index (χ0) is 15.9. The van der Waals surface area contributed by atoms with Gasteiger partial charge in [0.15, 0.2) is 0 Å². The molecule has 21 heavy (non-hydrogen) atoms. The zero-order valence-corrected chi connectivity index (χ0v) is 13.4. The van der Waals surface area contributed by atoms with Gasteiger partial charge in [-0.15, -0.1) is 0 Å². The maximum absolute atomic E-state index is 12.7. The molecule has 1 heterocycles. The summed E-state index contributed by atoms with van der Waals surface area (Å²) in [5.74, 6) is 0. The van der Waals surface area contributed by atoms with E-state index in [9.17, 15) is 8.42 Å². The Labute approximate surface area is 126 Å². The molecule has 0 aliphatic heterocycles. The van der Waals surface area contributed by atoms with E-state index in [0.717, 1.165) is 12.8 Å². The van der Waals surface area contributed by atoms with Crippen molar-refractivity contribution in [3.05, 3.63) is 24.0 Å². The van der Waals surface area contributed by atoms with Crippen LogP contribution >= 0.6 is 0 Å². The van der Waals surface area contributed by atoms with Gasteiger partial charge in [-0.25, -0.2) is 13.4 Å². The first kappa shape index (κ1) is 17.6. The second-order valence-corrected chi connectivity index (χ2v) is 6.46. The number of nitrogens with zero attached hydrogens (tertiary/aromatic N) is 3. The molecule has 0 saturated carbocycles. The molecule has 0 bridgehead atoms. The Hall–Kier alpha value is -1.49. The van der Waals surface area contributed by atoms with Gasteiger partial charge in [-0.2, -0.15) is 9.57 Å². The first-order valence-corrected chi connectivity index (χ1v) is 8.32. The van der Waals surface area contributed by atoms with Crippen LogP contribution in [0.4, 0.5) is 0 Å². The van der Waals surface area contributed by atoms with Crippen LogP contribution in [0, 0.1) is 11.3 Å². The highest BCUT2D eigenvalue weighted by molar-refractivity contribution is 7.89. The molecule has 1 aromatic heterocycles. The van der Waals surface area contributed by atoms with Crippen LogP contribution in [-0.2, 0) is 14.8 Å². The molecule has 6 nitrogen and oxygen atoms in total. The lowest BCUT2D eigenvalue weighted by Crippen LogP contribution is -2.41. The second-order valence-electron chi connectivity index (χ2n) is 4.57. The van der Waals surface area contributed by atoms with Gasteiger partial charge in [0.25, 0.3) is 0 Å². The van der Waals surface area contributed by atoms with Crippen LogP contribution in [0.2, 0.25) is 0 Å². The standard InChI is InChI=1S/C14H21N3O3S/c1-4-13(5-2)17(8-9-20-3)21(18,19)14-7-6-12(10-15)16-11-14/h6-7,11,13H,4-5,8-9H2,1-3H3. The van der Waals surface area contributed by atoms with Gasteiger partial charge in [0.2, 0.25) is 10.0 Å². The third kappa shape index (κ3) is 4.24. The molecule has 0 atom stereocenters. The Balaban J connectivity index is 3.15. The number of pyridine rings is 1. The predicted molar refractivity (Wildman–Crippen MR) is 79.1 cm³/mol. The molecule has 0 unspecified atom stereocenters. The molecule has 0 fully saturated rings. The maximum Gasteiger partial charge on any atom is 0.244 e. The molecular weight excluding hydrogens is 290 g/mol. The zero-order valence-electron chi connectivity index (χ0n) is 12.6.